The van der Waals surface area contributed by atoms with Gasteiger partial charge in [0.15, 0.2) is 0 Å². The molecule has 4 heteroatoms. The summed E-state index contributed by atoms with van der Waals surface area (Å²) in [6, 6.07) is -0.638. The van der Waals surface area contributed by atoms with Gasteiger partial charge in [0.1, 0.15) is 0 Å². The minimum Gasteiger partial charge on any atom is -0.351 e. The number of nitrogens with zero attached hydrogens (tertiary/aromatic N) is 1. The first kappa shape index (κ1) is 8.04. The molecule has 2 N–H and O–H groups in total. The monoisotopic (exact) mass is 156 g/mol. The molecule has 0 unspecified atom stereocenters. The van der Waals surface area contributed by atoms with Gasteiger partial charge in [-0.15, -0.1) is 0 Å². The van der Waals surface area contributed by atoms with Crippen LogP contribution in [-0.4, -0.2) is 23.4 Å². The number of nitrogens with two attached hydrogens (primary N) is 1. The predicted molar refractivity (Wildman–Crippen MR) is 39.7 cm³/mol. The fourth-order valence-electron chi connectivity index (χ4n) is 1.18. The number of carbonyl (C=O) groups excluding carboxylic acids is 2. The molecule has 0 radical (unpaired) electrons. The highest BCUT2D eigenvalue weighted by Gasteiger charge is 2.40. The lowest BCUT2D eigenvalue weighted by Crippen LogP contribution is -2.39. The summed E-state index contributed by atoms with van der Waals surface area (Å²) in [5.41, 5.74) is 4.57. The van der Waals surface area contributed by atoms with E-state index >= 15 is 0 Å². The summed E-state index contributed by atoms with van der Waals surface area (Å²) in [4.78, 5) is 23.0. The Morgan fingerprint density at radius 3 is 2.36 bits per heavy atom. The third-order valence-electron chi connectivity index (χ3n) is 2.05. The van der Waals surface area contributed by atoms with Crippen LogP contribution in [0.2, 0.25) is 0 Å². The zero-order chi connectivity index (χ0) is 8.65. The summed E-state index contributed by atoms with van der Waals surface area (Å²) in [6.45, 7) is 4.09. The molecule has 11 heavy (non-hydrogen) atoms. The maximum atomic E-state index is 11.3. The number of amides is 3. The summed E-state index contributed by atoms with van der Waals surface area (Å²) < 4.78 is 0. The summed E-state index contributed by atoms with van der Waals surface area (Å²) in [5.74, 6) is -0.162. The van der Waals surface area contributed by atoms with E-state index < -0.39 is 11.4 Å². The first-order valence-electron chi connectivity index (χ1n) is 3.56. The molecule has 0 saturated carbocycles. The molecule has 0 aromatic rings. The fourth-order valence-corrected chi connectivity index (χ4v) is 1.18. The zero-order valence-electron chi connectivity index (χ0n) is 6.76. The van der Waals surface area contributed by atoms with Crippen LogP contribution in [0, 0.1) is 5.41 Å². The van der Waals surface area contributed by atoms with Gasteiger partial charge >= 0.3 is 6.03 Å². The first-order chi connectivity index (χ1) is 4.95. The van der Waals surface area contributed by atoms with Crippen molar-refractivity contribution in [2.45, 2.75) is 20.3 Å². The molecule has 1 rings (SSSR count). The second kappa shape index (κ2) is 2.22. The lowest BCUT2D eigenvalue weighted by Gasteiger charge is -2.15. The van der Waals surface area contributed by atoms with E-state index in [0.717, 1.165) is 4.90 Å². The first-order valence-corrected chi connectivity index (χ1v) is 3.56. The summed E-state index contributed by atoms with van der Waals surface area (Å²) in [7, 11) is 0. The molecule has 0 bridgehead atoms. The van der Waals surface area contributed by atoms with Crippen LogP contribution in [0.4, 0.5) is 4.79 Å². The molecule has 1 saturated heterocycles. The number of imide groups is 1. The van der Waals surface area contributed by atoms with Gasteiger partial charge in [0.05, 0.1) is 0 Å². The maximum Gasteiger partial charge on any atom is 0.321 e. The highest BCUT2D eigenvalue weighted by atomic mass is 16.2. The molecule has 1 aliphatic heterocycles. The second-order valence-corrected chi connectivity index (χ2v) is 3.43. The average molecular weight is 156 g/mol. The van der Waals surface area contributed by atoms with Gasteiger partial charge in [-0.2, -0.15) is 0 Å². The molecule has 0 aliphatic carbocycles. The van der Waals surface area contributed by atoms with Crippen molar-refractivity contribution in [3.63, 3.8) is 0 Å². The number of rotatable bonds is 0. The van der Waals surface area contributed by atoms with E-state index in [1.165, 1.54) is 0 Å². The number of carbonyl (C=O) groups is 2. The molecule has 1 aliphatic rings. The molecule has 1 heterocycles. The number of hydrogen-bond acceptors (Lipinski definition) is 2. The minimum atomic E-state index is -0.638. The summed E-state index contributed by atoms with van der Waals surface area (Å²) in [5, 5.41) is 0. The number of primary amides is 1. The molecule has 0 spiro atoms. The van der Waals surface area contributed by atoms with Crippen LogP contribution < -0.4 is 5.73 Å². The topological polar surface area (TPSA) is 63.4 Å². The Hall–Kier alpha value is -1.06. The van der Waals surface area contributed by atoms with Crippen LogP contribution >= 0.6 is 0 Å². The van der Waals surface area contributed by atoms with Crippen molar-refractivity contribution >= 4 is 11.9 Å². The summed E-state index contributed by atoms with van der Waals surface area (Å²) >= 11 is 0. The molecule has 62 valence electrons. The molecule has 1 fully saturated rings. The quantitative estimate of drug-likeness (QED) is 0.549. The van der Waals surface area contributed by atoms with Crippen molar-refractivity contribution in [3.05, 3.63) is 0 Å². The van der Waals surface area contributed by atoms with Crippen LogP contribution in [0.15, 0.2) is 0 Å². The highest BCUT2D eigenvalue weighted by molar-refractivity contribution is 5.98. The van der Waals surface area contributed by atoms with Crippen LogP contribution in [0.3, 0.4) is 0 Å². The lowest BCUT2D eigenvalue weighted by molar-refractivity contribution is -0.131. The van der Waals surface area contributed by atoms with Crippen molar-refractivity contribution < 1.29 is 9.59 Å². The van der Waals surface area contributed by atoms with Crippen molar-refractivity contribution in [1.29, 1.82) is 0 Å². The Morgan fingerprint density at radius 1 is 1.64 bits per heavy atom. The molecular weight excluding hydrogens is 144 g/mol. The summed E-state index contributed by atoms with van der Waals surface area (Å²) in [6.07, 6.45) is 0.703. The Kier molecular flexibility index (Phi) is 1.62. The number of urea groups is 1. The second-order valence-electron chi connectivity index (χ2n) is 3.43. The largest absolute Gasteiger partial charge is 0.351 e. The highest BCUT2D eigenvalue weighted by Crippen LogP contribution is 2.29. The van der Waals surface area contributed by atoms with E-state index in [0.29, 0.717) is 13.0 Å². The van der Waals surface area contributed by atoms with E-state index in [1.54, 1.807) is 0 Å². The van der Waals surface area contributed by atoms with Crippen molar-refractivity contribution in [2.75, 3.05) is 6.54 Å². The predicted octanol–water partition coefficient (Wildman–Crippen LogP) is 0.324. The van der Waals surface area contributed by atoms with Crippen molar-refractivity contribution in [1.82, 2.24) is 4.90 Å². The fraction of sp³-hybridized carbons (Fsp3) is 0.714. The maximum absolute atomic E-state index is 11.3. The van der Waals surface area contributed by atoms with Gasteiger partial charge in [-0.25, -0.2) is 4.79 Å². The SMILES string of the molecule is CC1(C)CCN(C(N)=O)C1=O. The van der Waals surface area contributed by atoms with E-state index in [9.17, 15) is 9.59 Å². The molecular formula is C7H12N2O2. The van der Waals surface area contributed by atoms with E-state index in [-0.39, 0.29) is 5.91 Å². The van der Waals surface area contributed by atoms with Crippen molar-refractivity contribution in [3.8, 4) is 0 Å². The molecule has 4 nitrogen and oxygen atoms in total. The molecule has 0 aromatic carbocycles. The van der Waals surface area contributed by atoms with E-state index in [2.05, 4.69) is 0 Å². The van der Waals surface area contributed by atoms with Gasteiger partial charge in [-0.1, -0.05) is 13.8 Å². The molecule has 0 atom stereocenters. The van der Waals surface area contributed by atoms with Gasteiger partial charge in [0.2, 0.25) is 5.91 Å². The van der Waals surface area contributed by atoms with Crippen LogP contribution in [0.1, 0.15) is 20.3 Å². The van der Waals surface area contributed by atoms with Crippen LogP contribution in [0.25, 0.3) is 0 Å². The van der Waals surface area contributed by atoms with Crippen LogP contribution in [0.5, 0.6) is 0 Å². The Labute approximate surface area is 65.3 Å². The van der Waals surface area contributed by atoms with Gasteiger partial charge in [0, 0.05) is 12.0 Å². The molecule has 0 aromatic heterocycles. The average Bonchev–Trinajstić information content (AvgIpc) is 2.09. The third-order valence-corrected chi connectivity index (χ3v) is 2.05. The minimum absolute atomic E-state index is 0.162. The molecule has 3 amide bonds. The Morgan fingerprint density at radius 2 is 2.18 bits per heavy atom. The standard InChI is InChI=1S/C7H12N2O2/c1-7(2)3-4-9(5(7)10)6(8)11/h3-4H2,1-2H3,(H2,8,11). The zero-order valence-corrected chi connectivity index (χ0v) is 6.76. The smallest absolute Gasteiger partial charge is 0.321 e. The third kappa shape index (κ3) is 1.20. The number of likely N-dealkylation sites (tertiary alicyclic amines) is 1. The van der Waals surface area contributed by atoms with E-state index in [4.69, 9.17) is 5.73 Å². The van der Waals surface area contributed by atoms with Gasteiger partial charge in [0.25, 0.3) is 0 Å². The van der Waals surface area contributed by atoms with Crippen LogP contribution in [-0.2, 0) is 4.79 Å². The Bertz CT molecular complexity index is 210. The normalized spacial score (nSPS) is 22.4. The van der Waals surface area contributed by atoms with Gasteiger partial charge in [-0.05, 0) is 6.42 Å². The Balaban J connectivity index is 2.79. The number of hydrogen-bond donors (Lipinski definition) is 1. The van der Waals surface area contributed by atoms with Crippen molar-refractivity contribution in [2.24, 2.45) is 11.1 Å². The van der Waals surface area contributed by atoms with Gasteiger partial charge in [-0.3, -0.25) is 9.69 Å². The van der Waals surface area contributed by atoms with E-state index in [1.807, 2.05) is 13.8 Å². The lowest BCUT2D eigenvalue weighted by atomic mass is 9.92. The van der Waals surface area contributed by atoms with Gasteiger partial charge < -0.3 is 5.73 Å².